The van der Waals surface area contributed by atoms with Crippen molar-refractivity contribution in [2.24, 2.45) is 7.05 Å². The molecule has 0 saturated heterocycles. The number of likely N-dealkylation sites (N-methyl/N-ethyl adjacent to an activating group) is 2. The van der Waals surface area contributed by atoms with Gasteiger partial charge >= 0.3 is 53.4 Å². The molecular formula is C23H38N5NaO11. The maximum absolute atomic E-state index is 11.1. The maximum atomic E-state index is 11.1. The number of ether oxygens (including phenoxy) is 4. The van der Waals surface area contributed by atoms with Crippen molar-refractivity contribution < 1.29 is 82.4 Å². The molecular weight excluding hydrogens is 545 g/mol. The van der Waals surface area contributed by atoms with Gasteiger partial charge in [-0.15, -0.1) is 6.26 Å². The van der Waals surface area contributed by atoms with E-state index in [-0.39, 0.29) is 54.0 Å². The molecule has 1 aromatic rings. The van der Waals surface area contributed by atoms with E-state index in [1.54, 1.807) is 14.0 Å². The number of methoxy groups -OCH3 is 3. The third-order valence-electron chi connectivity index (χ3n) is 4.02. The number of nitrogens with zero attached hydrogens (tertiary/aromatic N) is 4. The molecule has 0 aliphatic rings. The van der Waals surface area contributed by atoms with Crippen molar-refractivity contribution in [3.05, 3.63) is 23.8 Å². The van der Waals surface area contributed by atoms with E-state index in [1.807, 2.05) is 6.92 Å². The largest absolute Gasteiger partial charge is 1.00 e. The Morgan fingerprint density at radius 2 is 1.57 bits per heavy atom. The van der Waals surface area contributed by atoms with Crippen LogP contribution in [0, 0.1) is 0 Å². The number of rotatable bonds is 10. The van der Waals surface area contributed by atoms with Crippen LogP contribution in [0.5, 0.6) is 0 Å². The van der Waals surface area contributed by atoms with E-state index >= 15 is 0 Å². The van der Waals surface area contributed by atoms with Crippen LogP contribution in [0.2, 0.25) is 0 Å². The molecule has 0 atom stereocenters. The summed E-state index contributed by atoms with van der Waals surface area (Å²) in [5, 5.41) is 10.2. The van der Waals surface area contributed by atoms with Gasteiger partial charge in [0, 0.05) is 27.6 Å². The van der Waals surface area contributed by atoms with Gasteiger partial charge in [-0.2, -0.15) is 0 Å². The first kappa shape index (κ1) is 43.4. The summed E-state index contributed by atoms with van der Waals surface area (Å²) in [6, 6.07) is 0. The van der Waals surface area contributed by atoms with Gasteiger partial charge in [-0.25, -0.2) is 14.6 Å². The van der Waals surface area contributed by atoms with Crippen molar-refractivity contribution in [1.82, 2.24) is 19.4 Å². The molecule has 0 unspecified atom stereocenters. The minimum Gasteiger partial charge on any atom is -0.876 e. The fourth-order valence-corrected chi connectivity index (χ4v) is 1.87. The molecule has 1 aromatic heterocycles. The predicted molar refractivity (Wildman–Crippen MR) is 135 cm³/mol. The third kappa shape index (κ3) is 20.3. The number of amides is 2. The number of nitrogen functional groups attached to an aromatic ring is 1. The summed E-state index contributed by atoms with van der Waals surface area (Å²) in [4.78, 5) is 68.1. The van der Waals surface area contributed by atoms with Crippen molar-refractivity contribution in [3.8, 4) is 0 Å². The van der Waals surface area contributed by atoms with Gasteiger partial charge in [0.25, 0.3) is 0 Å². The second-order valence-electron chi connectivity index (χ2n) is 6.91. The number of hydrogen-bond acceptors (Lipinski definition) is 13. The summed E-state index contributed by atoms with van der Waals surface area (Å²) >= 11 is 0. The fourth-order valence-electron chi connectivity index (χ4n) is 1.87. The minimum absolute atomic E-state index is 0. The number of anilines is 1. The number of esters is 4. The summed E-state index contributed by atoms with van der Waals surface area (Å²) < 4.78 is 19.1. The summed E-state index contributed by atoms with van der Waals surface area (Å²) in [5.41, 5.74) is 5.47. The Hall–Kier alpha value is -3.63. The van der Waals surface area contributed by atoms with E-state index in [0.29, 0.717) is 37.5 Å². The fraction of sp³-hybridized carbons (Fsp3) is 0.522. The summed E-state index contributed by atoms with van der Waals surface area (Å²) in [7, 11) is 8.26. The van der Waals surface area contributed by atoms with E-state index in [2.05, 4.69) is 19.2 Å². The molecule has 222 valence electrons. The molecule has 40 heavy (non-hydrogen) atoms. The van der Waals surface area contributed by atoms with Gasteiger partial charge in [-0.1, -0.05) is 6.92 Å². The monoisotopic (exact) mass is 583 g/mol. The third-order valence-corrected chi connectivity index (χ3v) is 4.02. The van der Waals surface area contributed by atoms with E-state index in [0.717, 1.165) is 18.4 Å². The van der Waals surface area contributed by atoms with Gasteiger partial charge in [0.05, 0.1) is 34.1 Å². The van der Waals surface area contributed by atoms with Gasteiger partial charge in [-0.05, 0) is 13.3 Å². The quantitative estimate of drug-likeness (QED) is 0.0692. The first-order chi connectivity index (χ1) is 18.3. The molecule has 2 amide bonds. The molecule has 0 bridgehead atoms. The van der Waals surface area contributed by atoms with Crippen LogP contribution in [0.4, 0.5) is 5.95 Å². The topological polar surface area (TPSA) is 213 Å². The van der Waals surface area contributed by atoms with Gasteiger partial charge in [-0.3, -0.25) is 19.2 Å². The molecule has 0 saturated carbocycles. The van der Waals surface area contributed by atoms with Gasteiger partial charge < -0.3 is 44.2 Å². The smallest absolute Gasteiger partial charge is 0.876 e. The first-order valence-corrected chi connectivity index (χ1v) is 11.2. The Bertz CT molecular complexity index is 938. The van der Waals surface area contributed by atoms with Crippen molar-refractivity contribution in [2.45, 2.75) is 26.7 Å². The number of hydrogen-bond donors (Lipinski definition) is 1. The van der Waals surface area contributed by atoms with Gasteiger partial charge in [0.2, 0.25) is 18.8 Å². The number of imidazole rings is 1. The first-order valence-electron chi connectivity index (χ1n) is 11.2. The summed E-state index contributed by atoms with van der Waals surface area (Å²) in [5.74, 6) is -1.45. The Balaban J connectivity index is -0.000000218. The van der Waals surface area contributed by atoms with Crippen LogP contribution in [-0.4, -0.2) is 105 Å². The number of carbonyl (C=O) groups is 6. The Kier molecular flexibility index (Phi) is 29.3. The van der Waals surface area contributed by atoms with Crippen LogP contribution >= 0.6 is 0 Å². The summed E-state index contributed by atoms with van der Waals surface area (Å²) in [6.07, 6.45) is 3.98. The van der Waals surface area contributed by atoms with Crippen LogP contribution in [0.15, 0.2) is 18.2 Å². The zero-order chi connectivity index (χ0) is 31.0. The number of nitrogens with two attached hydrogens (primary N) is 1. The normalized spacial score (nSPS) is 9.15. The molecule has 0 aliphatic carbocycles. The maximum Gasteiger partial charge on any atom is 1.00 e. The molecule has 0 radical (unpaired) electrons. The molecule has 0 fully saturated rings. The zero-order valence-corrected chi connectivity index (χ0v) is 26.5. The Morgan fingerprint density at radius 3 is 1.88 bits per heavy atom. The van der Waals surface area contributed by atoms with E-state index in [9.17, 15) is 33.9 Å². The molecule has 0 aromatic carbocycles. The second-order valence-corrected chi connectivity index (χ2v) is 6.91. The average Bonchev–Trinajstić information content (AvgIpc) is 3.27. The van der Waals surface area contributed by atoms with Crippen molar-refractivity contribution >= 4 is 42.6 Å². The van der Waals surface area contributed by atoms with E-state index in [4.69, 9.17) is 10.5 Å². The standard InChI is InChI=1S/C7H11N3O2.C6H9NO4.C5H9NO3.C5H10O2.Na/c1-3-12-6(11)5-4-9-7(8)10(5)2;1-7(4-9)5(3-8)6(10)11-2;1-6(4-7)3-5(8)9-2;1-3-4-5(6)7-2;/h4H,3H2,1-2H3,(H2,8,9);3-4,8H,1-2H3;4H,3H2,1-2H3;3-4H2,1-2H3;/q;;;;+1/p-1/b;5-3+;;;. The van der Waals surface area contributed by atoms with Gasteiger partial charge in [0.15, 0.2) is 0 Å². The minimum atomic E-state index is -0.824. The van der Waals surface area contributed by atoms with Crippen LogP contribution in [0.1, 0.15) is 37.2 Å². The number of aromatic nitrogens is 2. The van der Waals surface area contributed by atoms with Crippen LogP contribution < -0.4 is 40.4 Å². The SMILES string of the molecule is CCCC(=O)OC.CCOC(=O)c1cnc(N)n1C.COC(=O)/C(=C\[O-])N(C)C=O.COC(=O)CN(C)C=O.[Na+]. The molecule has 1 rings (SSSR count). The van der Waals surface area contributed by atoms with Crippen molar-refractivity contribution in [1.29, 1.82) is 0 Å². The Morgan fingerprint density at radius 1 is 1.02 bits per heavy atom. The van der Waals surface area contributed by atoms with Crippen LogP contribution in [0.3, 0.4) is 0 Å². The molecule has 0 spiro atoms. The second kappa shape index (κ2) is 27.0. The molecule has 17 heteroatoms. The molecule has 16 nitrogen and oxygen atoms in total. The Labute approximate surface area is 255 Å². The number of carbonyl (C=O) groups excluding carboxylic acids is 6. The van der Waals surface area contributed by atoms with Gasteiger partial charge in [0.1, 0.15) is 17.9 Å². The molecule has 1 heterocycles. The van der Waals surface area contributed by atoms with Crippen molar-refractivity contribution in [2.75, 3.05) is 54.3 Å². The van der Waals surface area contributed by atoms with Crippen LogP contribution in [0.25, 0.3) is 0 Å². The molecule has 0 aliphatic heterocycles. The van der Waals surface area contributed by atoms with E-state index in [1.165, 1.54) is 44.0 Å². The van der Waals surface area contributed by atoms with E-state index < -0.39 is 17.9 Å². The molecule has 2 N–H and O–H groups in total. The average molecular weight is 584 g/mol. The van der Waals surface area contributed by atoms with Crippen molar-refractivity contribution in [3.63, 3.8) is 0 Å². The summed E-state index contributed by atoms with van der Waals surface area (Å²) in [6.45, 7) is 4.05. The van der Waals surface area contributed by atoms with Crippen LogP contribution in [-0.2, 0) is 50.0 Å². The predicted octanol–water partition coefficient (Wildman–Crippen LogP) is -4.16. The zero-order valence-electron chi connectivity index (χ0n) is 24.5.